The van der Waals surface area contributed by atoms with E-state index in [9.17, 15) is 19.5 Å². The first-order valence-electron chi connectivity index (χ1n) is 8.52. The molecule has 0 bridgehead atoms. The highest BCUT2D eigenvalue weighted by Gasteiger charge is 2.34. The Kier molecular flexibility index (Phi) is 6.33. The van der Waals surface area contributed by atoms with Crippen LogP contribution in [0.3, 0.4) is 0 Å². The molecular weight excluding hydrogens is 320 g/mol. The summed E-state index contributed by atoms with van der Waals surface area (Å²) in [5.74, 6) is -3.00. The van der Waals surface area contributed by atoms with Crippen LogP contribution in [0.4, 0.5) is 5.69 Å². The highest BCUT2D eigenvalue weighted by Crippen LogP contribution is 2.28. The quantitative estimate of drug-likeness (QED) is 0.692. The van der Waals surface area contributed by atoms with E-state index in [1.807, 2.05) is 19.9 Å². The molecule has 3 unspecified atom stereocenters. The van der Waals surface area contributed by atoms with Crippen molar-refractivity contribution in [3.63, 3.8) is 0 Å². The third kappa shape index (κ3) is 4.68. The fourth-order valence-electron chi connectivity index (χ4n) is 2.80. The van der Waals surface area contributed by atoms with Crippen molar-refractivity contribution in [2.75, 3.05) is 5.32 Å². The van der Waals surface area contributed by atoms with Crippen LogP contribution < -0.4 is 10.6 Å². The summed E-state index contributed by atoms with van der Waals surface area (Å²) in [5.41, 5.74) is 0.765. The third-order valence-corrected chi connectivity index (χ3v) is 4.51. The van der Waals surface area contributed by atoms with Gasteiger partial charge in [-0.25, -0.2) is 0 Å². The zero-order valence-electron chi connectivity index (χ0n) is 14.5. The largest absolute Gasteiger partial charge is 0.481 e. The maximum atomic E-state index is 12.6. The fraction of sp³-hybridized carbons (Fsp3) is 0.421. The highest BCUT2D eigenvalue weighted by molar-refractivity contribution is 6.04. The van der Waals surface area contributed by atoms with Crippen LogP contribution in [0.5, 0.6) is 0 Å². The van der Waals surface area contributed by atoms with Crippen molar-refractivity contribution >= 4 is 23.5 Å². The molecule has 0 radical (unpaired) electrons. The summed E-state index contributed by atoms with van der Waals surface area (Å²) >= 11 is 0. The number of hydrogen-bond acceptors (Lipinski definition) is 3. The molecule has 2 rings (SSSR count). The summed E-state index contributed by atoms with van der Waals surface area (Å²) < 4.78 is 0. The number of carboxylic acids is 1. The second kappa shape index (κ2) is 8.46. The molecule has 0 spiro atoms. The summed E-state index contributed by atoms with van der Waals surface area (Å²) in [6.07, 6.45) is 5.13. The van der Waals surface area contributed by atoms with Crippen molar-refractivity contribution in [1.29, 1.82) is 0 Å². The summed E-state index contributed by atoms with van der Waals surface area (Å²) in [5, 5.41) is 14.9. The van der Waals surface area contributed by atoms with E-state index in [2.05, 4.69) is 10.6 Å². The molecule has 1 aromatic carbocycles. The van der Waals surface area contributed by atoms with E-state index in [4.69, 9.17) is 0 Å². The van der Waals surface area contributed by atoms with Crippen molar-refractivity contribution in [3.8, 4) is 0 Å². The van der Waals surface area contributed by atoms with Crippen LogP contribution in [-0.4, -0.2) is 28.9 Å². The number of rotatable bonds is 6. The molecule has 6 nitrogen and oxygen atoms in total. The number of amides is 2. The Morgan fingerprint density at radius 1 is 1.16 bits per heavy atom. The number of benzene rings is 1. The number of hydrogen-bond donors (Lipinski definition) is 3. The first-order chi connectivity index (χ1) is 11.9. The van der Waals surface area contributed by atoms with Crippen molar-refractivity contribution in [2.24, 2.45) is 11.8 Å². The minimum atomic E-state index is -0.979. The van der Waals surface area contributed by atoms with Crippen molar-refractivity contribution in [1.82, 2.24) is 5.32 Å². The van der Waals surface area contributed by atoms with E-state index in [1.165, 1.54) is 0 Å². The maximum Gasteiger partial charge on any atom is 0.307 e. The zero-order chi connectivity index (χ0) is 18.4. The fourth-order valence-corrected chi connectivity index (χ4v) is 2.80. The average Bonchev–Trinajstić information content (AvgIpc) is 2.61. The van der Waals surface area contributed by atoms with E-state index < -0.39 is 17.8 Å². The Bertz CT molecular complexity index is 684. The molecule has 25 heavy (non-hydrogen) atoms. The van der Waals surface area contributed by atoms with Gasteiger partial charge in [-0.05, 0) is 38.3 Å². The Labute approximate surface area is 147 Å². The molecule has 1 aromatic rings. The number of para-hydroxylation sites is 1. The van der Waals surface area contributed by atoms with Gasteiger partial charge in [0.05, 0.1) is 23.1 Å². The Hall–Kier alpha value is -2.63. The van der Waals surface area contributed by atoms with Gasteiger partial charge in [-0.2, -0.15) is 0 Å². The van der Waals surface area contributed by atoms with Gasteiger partial charge >= 0.3 is 5.97 Å². The Balaban J connectivity index is 2.17. The van der Waals surface area contributed by atoms with Crippen LogP contribution in [0.1, 0.15) is 43.5 Å². The van der Waals surface area contributed by atoms with Crippen molar-refractivity contribution in [3.05, 3.63) is 42.0 Å². The van der Waals surface area contributed by atoms with Gasteiger partial charge in [0.2, 0.25) is 5.91 Å². The molecule has 6 heteroatoms. The first-order valence-corrected chi connectivity index (χ1v) is 8.52. The highest BCUT2D eigenvalue weighted by atomic mass is 16.4. The van der Waals surface area contributed by atoms with Gasteiger partial charge < -0.3 is 15.7 Å². The molecule has 1 aliphatic rings. The third-order valence-electron chi connectivity index (χ3n) is 4.51. The molecule has 0 saturated heterocycles. The van der Waals surface area contributed by atoms with Gasteiger partial charge in [-0.15, -0.1) is 0 Å². The lowest BCUT2D eigenvalue weighted by atomic mass is 9.82. The van der Waals surface area contributed by atoms with Crippen molar-refractivity contribution < 1.29 is 19.5 Å². The Morgan fingerprint density at radius 2 is 1.80 bits per heavy atom. The molecule has 0 heterocycles. The number of allylic oxidation sites excluding steroid dienone is 2. The SMILES string of the molecule is CCC(C)NC(=O)c1ccccc1NC(=O)C1CC=CCC1C(=O)O. The molecule has 3 atom stereocenters. The van der Waals surface area contributed by atoms with E-state index in [1.54, 1.807) is 30.3 Å². The van der Waals surface area contributed by atoms with Crippen LogP contribution in [0.2, 0.25) is 0 Å². The zero-order valence-corrected chi connectivity index (χ0v) is 14.5. The van der Waals surface area contributed by atoms with Gasteiger partial charge in [0.25, 0.3) is 5.91 Å². The first kappa shape index (κ1) is 18.7. The average molecular weight is 344 g/mol. The Morgan fingerprint density at radius 3 is 2.44 bits per heavy atom. The number of anilines is 1. The second-order valence-corrected chi connectivity index (χ2v) is 6.31. The molecule has 1 aliphatic carbocycles. The number of carboxylic acid groups (broad SMARTS) is 1. The minimum absolute atomic E-state index is 0.0242. The number of aliphatic carboxylic acids is 1. The van der Waals surface area contributed by atoms with E-state index in [0.717, 1.165) is 6.42 Å². The molecule has 0 aromatic heterocycles. The number of carbonyl (C=O) groups is 3. The molecule has 0 aliphatic heterocycles. The molecule has 2 amide bonds. The van der Waals surface area contributed by atoms with Crippen LogP contribution >= 0.6 is 0 Å². The number of nitrogens with one attached hydrogen (secondary N) is 2. The van der Waals surface area contributed by atoms with Crippen molar-refractivity contribution in [2.45, 2.75) is 39.2 Å². The lowest BCUT2D eigenvalue weighted by molar-refractivity contribution is -0.146. The summed E-state index contributed by atoms with van der Waals surface area (Å²) in [7, 11) is 0. The van der Waals surface area contributed by atoms with Gasteiger partial charge in [-0.1, -0.05) is 31.2 Å². The van der Waals surface area contributed by atoms with Gasteiger partial charge in [0.1, 0.15) is 0 Å². The molecule has 0 saturated carbocycles. The lowest BCUT2D eigenvalue weighted by Gasteiger charge is -2.24. The van der Waals surface area contributed by atoms with Gasteiger partial charge in [0, 0.05) is 6.04 Å². The van der Waals surface area contributed by atoms with Gasteiger partial charge in [0.15, 0.2) is 0 Å². The molecule has 134 valence electrons. The predicted octanol–water partition coefficient (Wildman–Crippen LogP) is 2.82. The molecule has 3 N–H and O–H groups in total. The van der Waals surface area contributed by atoms with Crippen LogP contribution in [0, 0.1) is 11.8 Å². The normalized spacial score (nSPS) is 20.6. The maximum absolute atomic E-state index is 12.6. The van der Waals surface area contributed by atoms with E-state index >= 15 is 0 Å². The summed E-state index contributed by atoms with van der Waals surface area (Å²) in [6.45, 7) is 3.88. The summed E-state index contributed by atoms with van der Waals surface area (Å²) in [4.78, 5) is 36.4. The molecular formula is C19H24N2O4. The second-order valence-electron chi connectivity index (χ2n) is 6.31. The van der Waals surface area contributed by atoms with Crippen LogP contribution in [0.25, 0.3) is 0 Å². The number of carbonyl (C=O) groups excluding carboxylic acids is 2. The van der Waals surface area contributed by atoms with Gasteiger partial charge in [-0.3, -0.25) is 14.4 Å². The minimum Gasteiger partial charge on any atom is -0.481 e. The standard InChI is InChI=1S/C19H24N2O4/c1-3-12(2)20-18(23)15-10-6-7-11-16(15)21-17(22)13-8-4-5-9-14(13)19(24)25/h4-7,10-14H,3,8-9H2,1-2H3,(H,20,23)(H,21,22)(H,24,25). The van der Waals surface area contributed by atoms with E-state index in [-0.39, 0.29) is 17.9 Å². The lowest BCUT2D eigenvalue weighted by Crippen LogP contribution is -2.36. The van der Waals surface area contributed by atoms with E-state index in [0.29, 0.717) is 24.1 Å². The predicted molar refractivity (Wildman–Crippen MR) is 95.3 cm³/mol. The summed E-state index contributed by atoms with van der Waals surface area (Å²) in [6, 6.07) is 6.77. The smallest absolute Gasteiger partial charge is 0.307 e. The van der Waals surface area contributed by atoms with Crippen LogP contribution in [-0.2, 0) is 9.59 Å². The topological polar surface area (TPSA) is 95.5 Å². The van der Waals surface area contributed by atoms with Crippen LogP contribution in [0.15, 0.2) is 36.4 Å². The monoisotopic (exact) mass is 344 g/mol. The molecule has 0 fully saturated rings.